The SMILES string of the molecule is CNC(C)c1ccc(-c2scnc2C)cc1.N/C(=C\N(N)C(C(=O)N1CCCC1C=O)C1CCNCC1)C1CC1. The minimum Gasteiger partial charge on any atom is -0.401 e. The van der Waals surface area contributed by atoms with Crippen molar-refractivity contribution in [1.29, 1.82) is 0 Å². The Labute approximate surface area is 242 Å². The van der Waals surface area contributed by atoms with Crippen LogP contribution in [-0.2, 0) is 9.59 Å². The molecule has 10 heteroatoms. The molecule has 1 saturated carbocycles. The number of nitrogens with zero attached hydrogens (tertiary/aromatic N) is 3. The minimum atomic E-state index is -0.440. The highest BCUT2D eigenvalue weighted by Crippen LogP contribution is 2.34. The second kappa shape index (κ2) is 14.2. The number of thiazole rings is 1. The summed E-state index contributed by atoms with van der Waals surface area (Å²) in [4.78, 5) is 31.7. The number of benzene rings is 1. The number of piperidine rings is 1. The van der Waals surface area contributed by atoms with E-state index in [4.69, 9.17) is 11.6 Å². The topological polar surface area (TPSA) is 130 Å². The van der Waals surface area contributed by atoms with Crippen LogP contribution in [0.4, 0.5) is 0 Å². The summed E-state index contributed by atoms with van der Waals surface area (Å²) in [6.07, 6.45) is 8.26. The molecule has 1 amide bonds. The van der Waals surface area contributed by atoms with Gasteiger partial charge in [-0.15, -0.1) is 11.3 Å². The summed E-state index contributed by atoms with van der Waals surface area (Å²) in [7, 11) is 1.98. The predicted molar refractivity (Wildman–Crippen MR) is 161 cm³/mol. The third-order valence-corrected chi connectivity index (χ3v) is 9.32. The van der Waals surface area contributed by atoms with E-state index in [0.717, 1.165) is 69.3 Å². The van der Waals surface area contributed by atoms with Gasteiger partial charge in [0.25, 0.3) is 0 Å². The highest BCUT2D eigenvalue weighted by atomic mass is 32.1. The predicted octanol–water partition coefficient (Wildman–Crippen LogP) is 3.33. The standard InChI is InChI=1S/C17H29N5O2.C13H16N2S/c18-15(12-3-4-12)10-22(19)16(13-5-7-20-8-6-13)17(24)21-9-1-2-14(21)11-23;1-9(14-3)11-4-6-12(7-5-11)13-10(2)15-8-16-13/h10-14,16,20H,1-9,18-19H2;4-9,14H,1-3H3/b15-10-;. The van der Waals surface area contributed by atoms with Gasteiger partial charge in [-0.25, -0.2) is 10.8 Å². The largest absolute Gasteiger partial charge is 0.401 e. The molecule has 1 aromatic heterocycles. The monoisotopic (exact) mass is 567 g/mol. The van der Waals surface area contributed by atoms with Gasteiger partial charge in [0.2, 0.25) is 5.91 Å². The van der Waals surface area contributed by atoms with E-state index in [1.165, 1.54) is 21.0 Å². The number of allylic oxidation sites excluding steroid dienone is 1. The third-order valence-electron chi connectivity index (χ3n) is 8.34. The Morgan fingerprint density at radius 2 is 1.90 bits per heavy atom. The van der Waals surface area contributed by atoms with E-state index in [1.807, 2.05) is 12.6 Å². The van der Waals surface area contributed by atoms with Crippen LogP contribution in [0.15, 0.2) is 41.7 Å². The maximum atomic E-state index is 13.2. The van der Waals surface area contributed by atoms with Gasteiger partial charge < -0.3 is 31.1 Å². The number of aldehydes is 1. The number of carbonyl (C=O) groups excluding carboxylic acids is 2. The number of nitrogens with one attached hydrogen (secondary N) is 2. The zero-order valence-corrected chi connectivity index (χ0v) is 24.8. The van der Waals surface area contributed by atoms with Crippen molar-refractivity contribution in [3.05, 3.63) is 52.9 Å². The molecule has 2 aromatic rings. The quantitative estimate of drug-likeness (QED) is 0.206. The van der Waals surface area contributed by atoms with Crippen LogP contribution in [0.3, 0.4) is 0 Å². The Balaban J connectivity index is 0.000000201. The van der Waals surface area contributed by atoms with Crippen molar-refractivity contribution in [1.82, 2.24) is 25.5 Å². The third kappa shape index (κ3) is 7.48. The number of aryl methyl sites for hydroxylation is 1. The van der Waals surface area contributed by atoms with Crippen LogP contribution in [0, 0.1) is 18.8 Å². The summed E-state index contributed by atoms with van der Waals surface area (Å²) in [5, 5.41) is 8.08. The molecule has 218 valence electrons. The van der Waals surface area contributed by atoms with Gasteiger partial charge in [-0.05, 0) is 89.6 Å². The summed E-state index contributed by atoms with van der Waals surface area (Å²) in [5.74, 6) is 6.85. The van der Waals surface area contributed by atoms with Crippen LogP contribution in [0.1, 0.15) is 62.7 Å². The average Bonchev–Trinajstić information content (AvgIpc) is 3.57. The van der Waals surface area contributed by atoms with E-state index in [1.54, 1.807) is 22.4 Å². The molecule has 0 bridgehead atoms. The lowest BCUT2D eigenvalue weighted by molar-refractivity contribution is -0.141. The molecule has 1 aliphatic carbocycles. The van der Waals surface area contributed by atoms with E-state index < -0.39 is 6.04 Å². The van der Waals surface area contributed by atoms with Gasteiger partial charge in [-0.1, -0.05) is 24.3 Å². The molecular formula is C30H45N7O2S. The fraction of sp³-hybridized carbons (Fsp3) is 0.567. The Kier molecular flexibility index (Phi) is 10.7. The summed E-state index contributed by atoms with van der Waals surface area (Å²) in [5.41, 5.74) is 12.4. The minimum absolute atomic E-state index is 0.0288. The number of rotatable bonds is 9. The van der Waals surface area contributed by atoms with E-state index in [9.17, 15) is 9.59 Å². The molecule has 3 heterocycles. The summed E-state index contributed by atoms with van der Waals surface area (Å²) < 4.78 is 0. The molecule has 3 unspecified atom stereocenters. The normalized spacial score (nSPS) is 21.4. The van der Waals surface area contributed by atoms with Gasteiger partial charge in [-0.3, -0.25) is 4.79 Å². The second-order valence-corrected chi connectivity index (χ2v) is 12.0. The first-order valence-electron chi connectivity index (χ1n) is 14.5. The van der Waals surface area contributed by atoms with E-state index >= 15 is 0 Å². The molecule has 0 spiro atoms. The fourth-order valence-electron chi connectivity index (χ4n) is 5.55. The molecule has 3 aliphatic rings. The number of hydrogen-bond donors (Lipinski definition) is 4. The zero-order valence-electron chi connectivity index (χ0n) is 24.0. The van der Waals surface area contributed by atoms with Crippen LogP contribution >= 0.6 is 11.3 Å². The van der Waals surface area contributed by atoms with Crippen LogP contribution in [0.5, 0.6) is 0 Å². The first-order chi connectivity index (χ1) is 19.3. The van der Waals surface area contributed by atoms with Crippen molar-refractivity contribution >= 4 is 23.5 Å². The molecule has 2 saturated heterocycles. The molecule has 3 fully saturated rings. The van der Waals surface area contributed by atoms with Gasteiger partial charge in [0.05, 0.1) is 22.1 Å². The van der Waals surface area contributed by atoms with Crippen molar-refractivity contribution in [2.45, 2.75) is 70.5 Å². The average molecular weight is 568 g/mol. The first-order valence-corrected chi connectivity index (χ1v) is 15.4. The number of amides is 1. The Morgan fingerprint density at radius 1 is 1.20 bits per heavy atom. The van der Waals surface area contributed by atoms with Gasteiger partial charge in [0.1, 0.15) is 12.3 Å². The smallest absolute Gasteiger partial charge is 0.247 e. The molecule has 3 atom stereocenters. The summed E-state index contributed by atoms with van der Waals surface area (Å²) in [6, 6.07) is 8.35. The van der Waals surface area contributed by atoms with Crippen LogP contribution in [0.2, 0.25) is 0 Å². The van der Waals surface area contributed by atoms with Crippen LogP contribution in [-0.4, -0.2) is 65.9 Å². The highest BCUT2D eigenvalue weighted by Gasteiger charge is 2.39. The second-order valence-electron chi connectivity index (χ2n) is 11.2. The highest BCUT2D eigenvalue weighted by molar-refractivity contribution is 7.13. The van der Waals surface area contributed by atoms with Gasteiger partial charge >= 0.3 is 0 Å². The number of nitrogens with two attached hydrogens (primary N) is 2. The van der Waals surface area contributed by atoms with Crippen molar-refractivity contribution in [2.75, 3.05) is 26.7 Å². The van der Waals surface area contributed by atoms with Crippen molar-refractivity contribution in [3.8, 4) is 10.4 Å². The maximum absolute atomic E-state index is 13.2. The van der Waals surface area contributed by atoms with Gasteiger partial charge in [0, 0.05) is 30.4 Å². The maximum Gasteiger partial charge on any atom is 0.247 e. The lowest BCUT2D eigenvalue weighted by Crippen LogP contribution is -2.56. The summed E-state index contributed by atoms with van der Waals surface area (Å²) >= 11 is 1.70. The lowest BCUT2D eigenvalue weighted by Gasteiger charge is -2.38. The fourth-order valence-corrected chi connectivity index (χ4v) is 6.36. The number of aromatic nitrogens is 1. The number of hydrazine groups is 1. The number of likely N-dealkylation sites (tertiary alicyclic amines) is 1. The van der Waals surface area contributed by atoms with Crippen molar-refractivity contribution in [3.63, 3.8) is 0 Å². The lowest BCUT2D eigenvalue weighted by atomic mass is 9.88. The van der Waals surface area contributed by atoms with Crippen molar-refractivity contribution < 1.29 is 9.59 Å². The summed E-state index contributed by atoms with van der Waals surface area (Å²) in [6.45, 7) is 6.63. The molecular weight excluding hydrogens is 522 g/mol. The molecule has 0 radical (unpaired) electrons. The van der Waals surface area contributed by atoms with Crippen LogP contribution < -0.4 is 22.2 Å². The molecule has 9 nitrogen and oxygen atoms in total. The molecule has 1 aromatic carbocycles. The van der Waals surface area contributed by atoms with E-state index in [2.05, 4.69) is 53.7 Å². The number of hydrogen-bond acceptors (Lipinski definition) is 9. The Bertz CT molecular complexity index is 1140. The van der Waals surface area contributed by atoms with Gasteiger partial charge in [0.15, 0.2) is 0 Å². The molecule has 40 heavy (non-hydrogen) atoms. The van der Waals surface area contributed by atoms with Gasteiger partial charge in [-0.2, -0.15) is 0 Å². The van der Waals surface area contributed by atoms with E-state index in [0.29, 0.717) is 18.5 Å². The molecule has 2 aliphatic heterocycles. The Morgan fingerprint density at radius 3 is 2.48 bits per heavy atom. The molecule has 6 N–H and O–H groups in total. The zero-order chi connectivity index (χ0) is 28.6. The van der Waals surface area contributed by atoms with Crippen LogP contribution in [0.25, 0.3) is 10.4 Å². The molecule has 5 rings (SSSR count). The first kappa shape index (κ1) is 30.2. The Hall–Kier alpha value is -2.79. The number of carbonyl (C=O) groups is 2. The van der Waals surface area contributed by atoms with Crippen molar-refractivity contribution in [2.24, 2.45) is 23.4 Å². The van der Waals surface area contributed by atoms with E-state index in [-0.39, 0.29) is 17.9 Å².